The Labute approximate surface area is 129 Å². The molecule has 4 nitrogen and oxygen atoms in total. The molecular formula is C18H17N3O. The molecule has 1 N–H and O–H groups in total. The highest BCUT2D eigenvalue weighted by Gasteiger charge is 2.25. The molecule has 1 aromatic heterocycles. The minimum absolute atomic E-state index is 0.0496. The van der Waals surface area contributed by atoms with Crippen molar-refractivity contribution in [2.45, 2.75) is 13.5 Å². The Bertz CT molecular complexity index is 867. The maximum atomic E-state index is 9.60. The van der Waals surface area contributed by atoms with Gasteiger partial charge in [-0.2, -0.15) is 0 Å². The van der Waals surface area contributed by atoms with Gasteiger partial charge in [0.25, 0.3) is 0 Å². The Morgan fingerprint density at radius 1 is 0.955 bits per heavy atom. The molecule has 0 atom stereocenters. The Morgan fingerprint density at radius 2 is 1.59 bits per heavy atom. The van der Waals surface area contributed by atoms with Crippen molar-refractivity contribution in [3.05, 3.63) is 59.9 Å². The van der Waals surface area contributed by atoms with Gasteiger partial charge >= 0.3 is 0 Å². The summed E-state index contributed by atoms with van der Waals surface area (Å²) in [7, 11) is 2.08. The van der Waals surface area contributed by atoms with E-state index in [1.807, 2.05) is 31.2 Å². The number of para-hydroxylation sites is 3. The van der Waals surface area contributed by atoms with Gasteiger partial charge in [0.1, 0.15) is 5.82 Å². The predicted molar refractivity (Wildman–Crippen MR) is 87.7 cm³/mol. The molecule has 2 heterocycles. The molecule has 110 valence electrons. The summed E-state index contributed by atoms with van der Waals surface area (Å²) in [5.41, 5.74) is 6.10. The Kier molecular flexibility index (Phi) is 2.81. The predicted octanol–water partition coefficient (Wildman–Crippen LogP) is 3.42. The summed E-state index contributed by atoms with van der Waals surface area (Å²) in [6.45, 7) is 1.96. The first kappa shape index (κ1) is 13.1. The minimum atomic E-state index is -0.0496. The van der Waals surface area contributed by atoms with E-state index < -0.39 is 0 Å². The summed E-state index contributed by atoms with van der Waals surface area (Å²) >= 11 is 0. The third-order valence-corrected chi connectivity index (χ3v) is 4.35. The summed E-state index contributed by atoms with van der Waals surface area (Å²) < 4.78 is 2.14. The van der Waals surface area contributed by atoms with E-state index in [2.05, 4.69) is 45.8 Å². The van der Waals surface area contributed by atoms with Gasteiger partial charge in [0.05, 0.1) is 29.4 Å². The van der Waals surface area contributed by atoms with Crippen LogP contribution in [0.5, 0.6) is 0 Å². The molecule has 4 heteroatoms. The first-order chi connectivity index (χ1) is 10.7. The van der Waals surface area contributed by atoms with Crippen molar-refractivity contribution in [1.82, 2.24) is 9.55 Å². The molecule has 1 aliphatic heterocycles. The summed E-state index contributed by atoms with van der Waals surface area (Å²) in [5, 5.41) is 9.60. The molecule has 2 aromatic carbocycles. The zero-order valence-electron chi connectivity index (χ0n) is 12.6. The second-order valence-electron chi connectivity index (χ2n) is 5.53. The smallest absolute Gasteiger partial charge is 0.147 e. The lowest BCUT2D eigenvalue weighted by atomic mass is 10.1. The number of aromatic nitrogens is 2. The second-order valence-corrected chi connectivity index (χ2v) is 5.53. The molecule has 0 saturated heterocycles. The summed E-state index contributed by atoms with van der Waals surface area (Å²) in [6.07, 6.45) is 0. The van der Waals surface area contributed by atoms with Gasteiger partial charge in [-0.25, -0.2) is 4.98 Å². The molecular weight excluding hydrogens is 274 g/mol. The molecule has 0 radical (unpaired) electrons. The van der Waals surface area contributed by atoms with Crippen molar-refractivity contribution in [2.75, 3.05) is 11.9 Å². The first-order valence-electron chi connectivity index (χ1n) is 7.34. The van der Waals surface area contributed by atoms with Gasteiger partial charge in [-0.05, 0) is 31.2 Å². The van der Waals surface area contributed by atoms with Gasteiger partial charge in [0, 0.05) is 18.3 Å². The fourth-order valence-corrected chi connectivity index (χ4v) is 3.19. The molecule has 1 aliphatic rings. The maximum absolute atomic E-state index is 9.60. The number of anilines is 2. The van der Waals surface area contributed by atoms with E-state index in [0.29, 0.717) is 0 Å². The van der Waals surface area contributed by atoms with Gasteiger partial charge in [0.15, 0.2) is 0 Å². The van der Waals surface area contributed by atoms with Gasteiger partial charge in [-0.3, -0.25) is 4.57 Å². The van der Waals surface area contributed by atoms with Crippen LogP contribution in [0.4, 0.5) is 11.4 Å². The van der Waals surface area contributed by atoms with Crippen LogP contribution in [0.25, 0.3) is 17.1 Å². The van der Waals surface area contributed by atoms with Gasteiger partial charge in [0.2, 0.25) is 0 Å². The van der Waals surface area contributed by atoms with E-state index in [9.17, 15) is 5.11 Å². The van der Waals surface area contributed by atoms with Crippen LogP contribution in [0.1, 0.15) is 11.4 Å². The minimum Gasteiger partial charge on any atom is -0.390 e. The van der Waals surface area contributed by atoms with Crippen LogP contribution in [0.3, 0.4) is 0 Å². The standard InChI is InChI=1S/C18H17N3O/c1-12-14(11-22)19-18-13-7-3-4-8-15(13)20(2)16-9-5-6-10-17(16)21(12)18/h3-10,22H,11H2,1-2H3. The van der Waals surface area contributed by atoms with E-state index in [1.165, 1.54) is 0 Å². The SMILES string of the molecule is Cc1c(CO)nc2n1-c1ccccc1N(C)c1ccccc1-2. The number of hydrogen-bond acceptors (Lipinski definition) is 3. The van der Waals surface area contributed by atoms with Crippen molar-refractivity contribution < 1.29 is 5.11 Å². The summed E-state index contributed by atoms with van der Waals surface area (Å²) in [6, 6.07) is 16.5. The average Bonchev–Trinajstić information content (AvgIpc) is 2.85. The summed E-state index contributed by atoms with van der Waals surface area (Å²) in [4.78, 5) is 6.88. The third-order valence-electron chi connectivity index (χ3n) is 4.35. The van der Waals surface area contributed by atoms with E-state index in [0.717, 1.165) is 39.8 Å². The maximum Gasteiger partial charge on any atom is 0.147 e. The largest absolute Gasteiger partial charge is 0.390 e. The summed E-state index contributed by atoms with van der Waals surface area (Å²) in [5.74, 6) is 0.883. The van der Waals surface area contributed by atoms with Crippen LogP contribution < -0.4 is 4.90 Å². The normalized spacial score (nSPS) is 12.4. The highest BCUT2D eigenvalue weighted by Crippen LogP contribution is 2.42. The van der Waals surface area contributed by atoms with Crippen LogP contribution >= 0.6 is 0 Å². The Balaban J connectivity index is 2.16. The van der Waals surface area contributed by atoms with Crippen LogP contribution in [-0.4, -0.2) is 21.7 Å². The fourth-order valence-electron chi connectivity index (χ4n) is 3.19. The lowest BCUT2D eigenvalue weighted by Crippen LogP contribution is -2.11. The average molecular weight is 291 g/mol. The molecule has 3 aromatic rings. The van der Waals surface area contributed by atoms with E-state index in [-0.39, 0.29) is 6.61 Å². The van der Waals surface area contributed by atoms with Gasteiger partial charge in [-0.1, -0.05) is 24.3 Å². The Hall–Kier alpha value is -2.59. The van der Waals surface area contributed by atoms with Crippen molar-refractivity contribution in [1.29, 1.82) is 0 Å². The molecule has 0 unspecified atom stereocenters. The lowest BCUT2D eigenvalue weighted by Gasteiger charge is -2.21. The molecule has 4 rings (SSSR count). The van der Waals surface area contributed by atoms with Gasteiger partial charge in [-0.15, -0.1) is 0 Å². The molecule has 0 aliphatic carbocycles. The molecule has 0 amide bonds. The number of benzene rings is 2. The third kappa shape index (κ3) is 1.64. The van der Waals surface area contributed by atoms with E-state index in [4.69, 9.17) is 0 Å². The van der Waals surface area contributed by atoms with Crippen LogP contribution in [-0.2, 0) is 6.61 Å². The molecule has 0 spiro atoms. The molecule has 0 bridgehead atoms. The highest BCUT2D eigenvalue weighted by molar-refractivity contribution is 5.86. The number of fused-ring (bicyclic) bond motifs is 5. The number of nitrogens with zero attached hydrogens (tertiary/aromatic N) is 3. The zero-order valence-corrected chi connectivity index (χ0v) is 12.6. The van der Waals surface area contributed by atoms with E-state index >= 15 is 0 Å². The quantitative estimate of drug-likeness (QED) is 0.747. The van der Waals surface area contributed by atoms with E-state index in [1.54, 1.807) is 0 Å². The zero-order chi connectivity index (χ0) is 15.3. The number of rotatable bonds is 1. The highest BCUT2D eigenvalue weighted by atomic mass is 16.3. The first-order valence-corrected chi connectivity index (χ1v) is 7.34. The van der Waals surface area contributed by atoms with Crippen LogP contribution in [0, 0.1) is 6.92 Å². The number of aliphatic hydroxyl groups is 1. The second kappa shape index (κ2) is 4.71. The van der Waals surface area contributed by atoms with Crippen molar-refractivity contribution >= 4 is 11.4 Å². The van der Waals surface area contributed by atoms with Crippen LogP contribution in [0.2, 0.25) is 0 Å². The topological polar surface area (TPSA) is 41.3 Å². The molecule has 0 fully saturated rings. The van der Waals surface area contributed by atoms with Gasteiger partial charge < -0.3 is 10.0 Å². The number of hydrogen-bond donors (Lipinski definition) is 1. The Morgan fingerprint density at radius 3 is 2.32 bits per heavy atom. The van der Waals surface area contributed by atoms with Crippen LogP contribution in [0.15, 0.2) is 48.5 Å². The monoisotopic (exact) mass is 291 g/mol. The lowest BCUT2D eigenvalue weighted by molar-refractivity contribution is 0.276. The molecule has 22 heavy (non-hydrogen) atoms. The number of imidazole rings is 1. The van der Waals surface area contributed by atoms with Crippen molar-refractivity contribution in [3.8, 4) is 17.1 Å². The number of aliphatic hydroxyl groups excluding tert-OH is 1. The van der Waals surface area contributed by atoms with Crippen molar-refractivity contribution in [3.63, 3.8) is 0 Å². The fraction of sp³-hybridized carbons (Fsp3) is 0.167. The molecule has 0 saturated carbocycles. The van der Waals surface area contributed by atoms with Crippen molar-refractivity contribution in [2.24, 2.45) is 0 Å².